The fourth-order valence-corrected chi connectivity index (χ4v) is 5.57. The van der Waals surface area contributed by atoms with Crippen LogP contribution in [0.3, 0.4) is 0 Å². The topological polar surface area (TPSA) is 96.0 Å². The van der Waals surface area contributed by atoms with Crippen LogP contribution in [0.25, 0.3) is 0 Å². The zero-order valence-electron chi connectivity index (χ0n) is 22.6. The summed E-state index contributed by atoms with van der Waals surface area (Å²) in [6.07, 6.45) is 1.90. The van der Waals surface area contributed by atoms with E-state index in [1.54, 1.807) is 42.5 Å². The lowest BCUT2D eigenvalue weighted by atomic mass is 10.0. The maximum absolute atomic E-state index is 14.1. The molecule has 0 radical (unpaired) electrons. The van der Waals surface area contributed by atoms with Crippen molar-refractivity contribution in [1.29, 1.82) is 0 Å². The van der Waals surface area contributed by atoms with Gasteiger partial charge in [0.05, 0.1) is 19.1 Å². The molecule has 0 aliphatic rings. The molecule has 40 heavy (non-hydrogen) atoms. The number of para-hydroxylation sites is 2. The first kappa shape index (κ1) is 31.3. The van der Waals surface area contributed by atoms with Crippen LogP contribution in [0.5, 0.6) is 5.75 Å². The average molecular weight is 607 g/mol. The zero-order valence-corrected chi connectivity index (χ0v) is 25.0. The highest BCUT2D eigenvalue weighted by Crippen LogP contribution is 2.31. The van der Waals surface area contributed by atoms with Crippen LogP contribution in [0.2, 0.25) is 10.0 Å². The highest BCUT2D eigenvalue weighted by atomic mass is 35.5. The van der Waals surface area contributed by atoms with Gasteiger partial charge in [-0.15, -0.1) is 0 Å². The van der Waals surface area contributed by atoms with Gasteiger partial charge >= 0.3 is 0 Å². The molecule has 0 bridgehead atoms. The van der Waals surface area contributed by atoms with Crippen molar-refractivity contribution < 1.29 is 22.7 Å². The first-order valence-electron chi connectivity index (χ1n) is 12.7. The number of rotatable bonds is 13. The Kier molecular flexibility index (Phi) is 11.2. The summed E-state index contributed by atoms with van der Waals surface area (Å²) in [5.74, 6) is -0.701. The van der Waals surface area contributed by atoms with Gasteiger partial charge in [0.1, 0.15) is 18.3 Å². The predicted molar refractivity (Wildman–Crippen MR) is 159 cm³/mol. The van der Waals surface area contributed by atoms with Crippen LogP contribution in [0.15, 0.2) is 72.8 Å². The predicted octanol–water partition coefficient (Wildman–Crippen LogP) is 4.93. The second-order valence-corrected chi connectivity index (χ2v) is 11.9. The lowest BCUT2D eigenvalue weighted by molar-refractivity contribution is -0.140. The smallest absolute Gasteiger partial charge is 0.244 e. The molecule has 0 fully saturated rings. The molecular formula is C29H33Cl2N3O5S. The number of hydrogen-bond acceptors (Lipinski definition) is 5. The molecule has 214 valence electrons. The summed E-state index contributed by atoms with van der Waals surface area (Å²) in [6.45, 7) is 1.65. The van der Waals surface area contributed by atoms with Crippen molar-refractivity contribution in [2.45, 2.75) is 32.4 Å². The largest absolute Gasteiger partial charge is 0.495 e. The maximum atomic E-state index is 14.1. The summed E-state index contributed by atoms with van der Waals surface area (Å²) < 4.78 is 32.2. The van der Waals surface area contributed by atoms with Crippen LogP contribution in [0.1, 0.15) is 24.5 Å². The molecule has 0 aliphatic heterocycles. The van der Waals surface area contributed by atoms with Crippen molar-refractivity contribution in [3.63, 3.8) is 0 Å². The molecule has 0 unspecified atom stereocenters. The Labute approximate surface area is 245 Å². The molecule has 11 heteroatoms. The first-order chi connectivity index (χ1) is 19.1. The Balaban J connectivity index is 2.11. The molecule has 3 aromatic rings. The zero-order chi connectivity index (χ0) is 29.3. The third kappa shape index (κ3) is 8.13. The van der Waals surface area contributed by atoms with Gasteiger partial charge in [0.2, 0.25) is 21.8 Å². The molecule has 0 aromatic heterocycles. The van der Waals surface area contributed by atoms with E-state index in [2.05, 4.69) is 5.32 Å². The molecule has 3 rings (SSSR count). The van der Waals surface area contributed by atoms with Gasteiger partial charge in [-0.2, -0.15) is 0 Å². The number of carbonyl (C=O) groups is 2. The molecule has 0 saturated carbocycles. The molecule has 1 N–H and O–H groups in total. The van der Waals surface area contributed by atoms with Gasteiger partial charge in [0, 0.05) is 35.1 Å². The van der Waals surface area contributed by atoms with Gasteiger partial charge in [-0.25, -0.2) is 8.42 Å². The Morgan fingerprint density at radius 1 is 0.950 bits per heavy atom. The van der Waals surface area contributed by atoms with Crippen LogP contribution in [-0.2, 0) is 32.6 Å². The van der Waals surface area contributed by atoms with E-state index in [4.69, 9.17) is 27.9 Å². The number of hydrogen-bond donors (Lipinski definition) is 1. The number of amides is 2. The van der Waals surface area contributed by atoms with E-state index in [-0.39, 0.29) is 30.3 Å². The molecular weight excluding hydrogens is 573 g/mol. The van der Waals surface area contributed by atoms with Crippen molar-refractivity contribution >= 4 is 50.7 Å². The van der Waals surface area contributed by atoms with Gasteiger partial charge in [0.15, 0.2) is 0 Å². The number of halogens is 2. The second kappa shape index (κ2) is 14.4. The van der Waals surface area contributed by atoms with Gasteiger partial charge in [0.25, 0.3) is 0 Å². The van der Waals surface area contributed by atoms with Crippen molar-refractivity contribution in [3.05, 3.63) is 94.0 Å². The van der Waals surface area contributed by atoms with E-state index in [1.807, 2.05) is 37.3 Å². The van der Waals surface area contributed by atoms with Crippen molar-refractivity contribution in [2.75, 3.05) is 30.8 Å². The van der Waals surface area contributed by atoms with Crippen LogP contribution < -0.4 is 14.4 Å². The minimum atomic E-state index is -3.93. The molecule has 0 aliphatic carbocycles. The fraction of sp³-hybridized carbons (Fsp3) is 0.310. The van der Waals surface area contributed by atoms with Crippen molar-refractivity contribution in [2.24, 2.45) is 0 Å². The Bertz CT molecular complexity index is 1400. The summed E-state index contributed by atoms with van der Waals surface area (Å²) in [5.41, 5.74) is 1.47. The molecule has 8 nitrogen and oxygen atoms in total. The maximum Gasteiger partial charge on any atom is 0.244 e. The van der Waals surface area contributed by atoms with E-state index < -0.39 is 28.5 Å². The molecule has 2 amide bonds. The standard InChI is InChI=1S/C29H33Cl2N3O5S/c1-4-17-32-29(36)26(18-21-11-6-5-7-12-21)33(19-22-23(30)13-10-14-24(22)31)28(35)20-34(40(3,37)38)25-15-8-9-16-27(25)39-2/h5-16,26H,4,17-20H2,1-3H3,(H,32,36)/t26-/m0/s1. The minimum absolute atomic E-state index is 0.113. The number of ether oxygens (including phenoxy) is 1. The summed E-state index contributed by atoms with van der Waals surface area (Å²) >= 11 is 12.9. The summed E-state index contributed by atoms with van der Waals surface area (Å²) in [7, 11) is -2.52. The highest BCUT2D eigenvalue weighted by Gasteiger charge is 2.34. The summed E-state index contributed by atoms with van der Waals surface area (Å²) in [5, 5.41) is 3.53. The summed E-state index contributed by atoms with van der Waals surface area (Å²) in [4.78, 5) is 29.0. The molecule has 0 heterocycles. The average Bonchev–Trinajstić information content (AvgIpc) is 2.93. The molecule has 3 aromatic carbocycles. The number of nitrogens with one attached hydrogen (secondary N) is 1. The van der Waals surface area contributed by atoms with E-state index in [0.29, 0.717) is 28.6 Å². The second-order valence-electron chi connectivity index (χ2n) is 9.16. The van der Waals surface area contributed by atoms with Gasteiger partial charge in [-0.1, -0.05) is 78.7 Å². The van der Waals surface area contributed by atoms with Crippen LogP contribution in [0.4, 0.5) is 5.69 Å². The number of sulfonamides is 1. The molecule has 0 saturated heterocycles. The monoisotopic (exact) mass is 605 g/mol. The van der Waals surface area contributed by atoms with E-state index >= 15 is 0 Å². The van der Waals surface area contributed by atoms with Crippen molar-refractivity contribution in [3.8, 4) is 5.75 Å². The fourth-order valence-electron chi connectivity index (χ4n) is 4.20. The first-order valence-corrected chi connectivity index (χ1v) is 15.3. The Hall–Kier alpha value is -3.27. The van der Waals surface area contributed by atoms with Crippen LogP contribution in [-0.4, -0.2) is 57.6 Å². The van der Waals surface area contributed by atoms with Gasteiger partial charge in [-0.3, -0.25) is 13.9 Å². The third-order valence-corrected chi connectivity index (χ3v) is 8.08. The van der Waals surface area contributed by atoms with E-state index in [9.17, 15) is 18.0 Å². The molecule has 0 spiro atoms. The van der Waals surface area contributed by atoms with Gasteiger partial charge < -0.3 is 15.0 Å². The number of carbonyl (C=O) groups excluding carboxylic acids is 2. The third-order valence-electron chi connectivity index (χ3n) is 6.24. The molecule has 1 atom stereocenters. The lowest BCUT2D eigenvalue weighted by Crippen LogP contribution is -2.53. The normalized spacial score (nSPS) is 11.9. The number of methoxy groups -OCH3 is 1. The number of nitrogens with zero attached hydrogens (tertiary/aromatic N) is 2. The Morgan fingerprint density at radius 3 is 2.17 bits per heavy atom. The number of benzene rings is 3. The Morgan fingerprint density at radius 2 is 1.57 bits per heavy atom. The SMILES string of the molecule is CCCNC(=O)[C@H](Cc1ccccc1)N(Cc1c(Cl)cccc1Cl)C(=O)CN(c1ccccc1OC)S(C)(=O)=O. The van der Waals surface area contributed by atoms with E-state index in [1.165, 1.54) is 12.0 Å². The van der Waals surface area contributed by atoms with E-state index in [0.717, 1.165) is 16.1 Å². The lowest BCUT2D eigenvalue weighted by Gasteiger charge is -2.34. The summed E-state index contributed by atoms with van der Waals surface area (Å²) in [6, 6.07) is 19.8. The minimum Gasteiger partial charge on any atom is -0.495 e. The quantitative estimate of drug-likeness (QED) is 0.298. The van der Waals surface area contributed by atoms with Crippen LogP contribution in [0, 0.1) is 0 Å². The highest BCUT2D eigenvalue weighted by molar-refractivity contribution is 7.92. The number of anilines is 1. The van der Waals surface area contributed by atoms with Gasteiger partial charge in [-0.05, 0) is 36.2 Å². The van der Waals surface area contributed by atoms with Crippen LogP contribution >= 0.6 is 23.2 Å². The van der Waals surface area contributed by atoms with Crippen molar-refractivity contribution in [1.82, 2.24) is 10.2 Å².